The first-order chi connectivity index (χ1) is 14.0. The number of aliphatic hydroxyl groups excluding tert-OH is 1. The molecule has 1 N–H and O–H groups in total. The molecule has 8 heteroatoms. The standard InChI is InChI=1S/C21H27N5O3/c1-23-18-17(19(28)24(2)21(23)29)26(14-16(27)15-10-6-5-7-11-15)20(22-18)25-12-8-3-4-9-13-25/h5-7,10-11,16,27H,3-4,8-9,12-14H2,1-2H3/t16-/m0/s1. The summed E-state index contributed by atoms with van der Waals surface area (Å²) in [6, 6.07) is 9.38. The van der Waals surface area contributed by atoms with Crippen molar-refractivity contribution in [2.75, 3.05) is 18.0 Å². The lowest BCUT2D eigenvalue weighted by Crippen LogP contribution is -2.37. The van der Waals surface area contributed by atoms with E-state index < -0.39 is 17.4 Å². The van der Waals surface area contributed by atoms with Gasteiger partial charge in [0, 0.05) is 27.2 Å². The molecule has 1 aliphatic rings. The van der Waals surface area contributed by atoms with Gasteiger partial charge in [-0.05, 0) is 18.4 Å². The maximum absolute atomic E-state index is 13.0. The summed E-state index contributed by atoms with van der Waals surface area (Å²) in [6.07, 6.45) is 3.66. The molecule has 3 heterocycles. The molecule has 1 saturated heterocycles. The van der Waals surface area contributed by atoms with Crippen LogP contribution in [0.15, 0.2) is 39.9 Å². The van der Waals surface area contributed by atoms with Crippen LogP contribution in [0.1, 0.15) is 37.4 Å². The third-order valence-electron chi connectivity index (χ3n) is 5.76. The van der Waals surface area contributed by atoms with E-state index in [-0.39, 0.29) is 6.54 Å². The van der Waals surface area contributed by atoms with E-state index in [4.69, 9.17) is 4.98 Å². The highest BCUT2D eigenvalue weighted by atomic mass is 16.3. The second-order valence-electron chi connectivity index (χ2n) is 7.73. The number of aromatic nitrogens is 4. The first kappa shape index (κ1) is 19.4. The Balaban J connectivity index is 1.90. The number of aryl methyl sites for hydroxylation is 1. The molecule has 8 nitrogen and oxygen atoms in total. The lowest BCUT2D eigenvalue weighted by molar-refractivity contribution is 0.158. The maximum Gasteiger partial charge on any atom is 0.332 e. The van der Waals surface area contributed by atoms with Gasteiger partial charge in [0.15, 0.2) is 11.2 Å². The number of rotatable bonds is 4. The lowest BCUT2D eigenvalue weighted by atomic mass is 10.1. The number of imidazole rings is 1. The fraction of sp³-hybridized carbons (Fsp3) is 0.476. The Morgan fingerprint density at radius 1 is 1.00 bits per heavy atom. The van der Waals surface area contributed by atoms with Crippen molar-refractivity contribution in [3.8, 4) is 0 Å². The Labute approximate surface area is 168 Å². The van der Waals surface area contributed by atoms with E-state index in [1.165, 1.54) is 24.5 Å². The molecule has 0 amide bonds. The van der Waals surface area contributed by atoms with E-state index in [1.807, 2.05) is 30.3 Å². The zero-order valence-electron chi connectivity index (χ0n) is 16.9. The molecule has 1 fully saturated rings. The van der Waals surface area contributed by atoms with Gasteiger partial charge in [-0.2, -0.15) is 4.98 Å². The van der Waals surface area contributed by atoms with E-state index in [1.54, 1.807) is 11.6 Å². The summed E-state index contributed by atoms with van der Waals surface area (Å²) in [5.74, 6) is 0.648. The Kier molecular flexibility index (Phi) is 5.27. The van der Waals surface area contributed by atoms with Gasteiger partial charge in [-0.25, -0.2) is 4.79 Å². The minimum Gasteiger partial charge on any atom is -0.387 e. The fourth-order valence-electron chi connectivity index (χ4n) is 4.07. The molecule has 1 aromatic carbocycles. The van der Waals surface area contributed by atoms with Crippen LogP contribution in [0.5, 0.6) is 0 Å². The van der Waals surface area contributed by atoms with Crippen LogP contribution < -0.4 is 16.1 Å². The normalized spacial score (nSPS) is 16.2. The van der Waals surface area contributed by atoms with Crippen molar-refractivity contribution in [2.45, 2.75) is 38.3 Å². The zero-order valence-corrected chi connectivity index (χ0v) is 16.9. The van der Waals surface area contributed by atoms with Crippen LogP contribution in [0.3, 0.4) is 0 Å². The van der Waals surface area contributed by atoms with Crippen molar-refractivity contribution >= 4 is 17.1 Å². The second-order valence-corrected chi connectivity index (χ2v) is 7.73. The highest BCUT2D eigenvalue weighted by Crippen LogP contribution is 2.26. The monoisotopic (exact) mass is 397 g/mol. The van der Waals surface area contributed by atoms with Crippen molar-refractivity contribution in [2.24, 2.45) is 14.1 Å². The Morgan fingerprint density at radius 3 is 2.31 bits per heavy atom. The second kappa shape index (κ2) is 7.87. The molecule has 0 bridgehead atoms. The summed E-state index contributed by atoms with van der Waals surface area (Å²) in [6.45, 7) is 1.89. The van der Waals surface area contributed by atoms with Gasteiger partial charge in [0.2, 0.25) is 5.95 Å². The summed E-state index contributed by atoms with van der Waals surface area (Å²) in [4.78, 5) is 32.3. The highest BCUT2D eigenvalue weighted by Gasteiger charge is 2.25. The third-order valence-corrected chi connectivity index (χ3v) is 5.76. The van der Waals surface area contributed by atoms with Gasteiger partial charge >= 0.3 is 5.69 Å². The minimum absolute atomic E-state index is 0.194. The predicted octanol–water partition coefficient (Wildman–Crippen LogP) is 1.55. The molecule has 0 aliphatic carbocycles. The summed E-state index contributed by atoms with van der Waals surface area (Å²) in [7, 11) is 3.10. The smallest absolute Gasteiger partial charge is 0.332 e. The van der Waals surface area contributed by atoms with Gasteiger partial charge < -0.3 is 14.6 Å². The Bertz CT molecular complexity index is 1120. The molecule has 29 heavy (non-hydrogen) atoms. The van der Waals surface area contributed by atoms with Crippen molar-refractivity contribution in [1.29, 1.82) is 0 Å². The maximum atomic E-state index is 13.0. The van der Waals surface area contributed by atoms with Gasteiger partial charge in [-0.1, -0.05) is 43.2 Å². The van der Waals surface area contributed by atoms with E-state index in [0.29, 0.717) is 17.1 Å². The number of anilines is 1. The average Bonchev–Trinajstić information content (AvgIpc) is 2.91. The molecule has 2 aromatic heterocycles. The van der Waals surface area contributed by atoms with E-state index in [0.717, 1.165) is 36.1 Å². The molecule has 0 unspecified atom stereocenters. The number of hydrogen-bond donors (Lipinski definition) is 1. The molecule has 0 spiro atoms. The van der Waals surface area contributed by atoms with Crippen LogP contribution >= 0.6 is 0 Å². The summed E-state index contributed by atoms with van der Waals surface area (Å²) >= 11 is 0. The number of fused-ring (bicyclic) bond motifs is 1. The summed E-state index contributed by atoms with van der Waals surface area (Å²) < 4.78 is 4.30. The minimum atomic E-state index is -0.790. The van der Waals surface area contributed by atoms with Gasteiger partial charge in [-0.15, -0.1) is 0 Å². The molecule has 1 aliphatic heterocycles. The first-order valence-corrected chi connectivity index (χ1v) is 10.1. The average molecular weight is 397 g/mol. The van der Waals surface area contributed by atoms with E-state index in [9.17, 15) is 14.7 Å². The molecule has 4 rings (SSSR count). The van der Waals surface area contributed by atoms with Crippen molar-refractivity contribution in [3.63, 3.8) is 0 Å². The molecule has 0 saturated carbocycles. The number of hydrogen-bond acceptors (Lipinski definition) is 5. The van der Waals surface area contributed by atoms with Gasteiger partial charge in [0.05, 0.1) is 12.6 Å². The predicted molar refractivity (Wildman–Crippen MR) is 112 cm³/mol. The van der Waals surface area contributed by atoms with Crippen molar-refractivity contribution < 1.29 is 5.11 Å². The van der Waals surface area contributed by atoms with Gasteiger partial charge in [0.1, 0.15) is 0 Å². The molecule has 154 valence electrons. The van der Waals surface area contributed by atoms with Crippen LogP contribution in [0.4, 0.5) is 5.95 Å². The highest BCUT2D eigenvalue weighted by molar-refractivity contribution is 5.74. The van der Waals surface area contributed by atoms with Crippen LogP contribution in [0.25, 0.3) is 11.2 Å². The van der Waals surface area contributed by atoms with Crippen molar-refractivity contribution in [1.82, 2.24) is 18.7 Å². The number of aliphatic hydroxyl groups is 1. The first-order valence-electron chi connectivity index (χ1n) is 10.1. The molecule has 0 radical (unpaired) electrons. The van der Waals surface area contributed by atoms with Gasteiger partial charge in [0.25, 0.3) is 5.56 Å². The van der Waals surface area contributed by atoms with E-state index in [2.05, 4.69) is 4.90 Å². The zero-order chi connectivity index (χ0) is 20.5. The molecule has 3 aromatic rings. The number of benzene rings is 1. The Hall–Kier alpha value is -2.87. The SMILES string of the molecule is Cn1c(=O)c2c(nc(N3CCCCCC3)n2C[C@H](O)c2ccccc2)n(C)c1=O. The summed E-state index contributed by atoms with van der Waals surface area (Å²) in [5, 5.41) is 10.9. The van der Waals surface area contributed by atoms with Crippen LogP contribution in [-0.4, -0.2) is 36.9 Å². The van der Waals surface area contributed by atoms with Crippen LogP contribution in [0, 0.1) is 0 Å². The quantitative estimate of drug-likeness (QED) is 0.722. The van der Waals surface area contributed by atoms with Crippen LogP contribution in [0.2, 0.25) is 0 Å². The topological polar surface area (TPSA) is 85.3 Å². The third kappa shape index (κ3) is 3.48. The molecular formula is C21H27N5O3. The lowest BCUT2D eigenvalue weighted by Gasteiger charge is -2.23. The molecular weight excluding hydrogens is 370 g/mol. The van der Waals surface area contributed by atoms with Crippen molar-refractivity contribution in [3.05, 3.63) is 56.7 Å². The van der Waals surface area contributed by atoms with E-state index >= 15 is 0 Å². The van der Waals surface area contributed by atoms with Crippen LogP contribution in [-0.2, 0) is 20.6 Å². The van der Waals surface area contributed by atoms with Gasteiger partial charge in [-0.3, -0.25) is 13.9 Å². The Morgan fingerprint density at radius 2 is 1.66 bits per heavy atom. The molecule has 1 atom stereocenters. The fourth-order valence-corrected chi connectivity index (χ4v) is 4.07. The number of nitrogens with zero attached hydrogens (tertiary/aromatic N) is 5. The summed E-state index contributed by atoms with van der Waals surface area (Å²) in [5.41, 5.74) is 0.689. The largest absolute Gasteiger partial charge is 0.387 e.